The molecule has 2 heterocycles. The number of fused-ring (bicyclic) bond motifs is 4. The number of aryl methyl sites for hydroxylation is 1. The van der Waals surface area contributed by atoms with E-state index in [1.54, 1.807) is 18.2 Å². The number of aromatic amines is 1. The summed E-state index contributed by atoms with van der Waals surface area (Å²) in [6.45, 7) is 0.180. The van der Waals surface area contributed by atoms with E-state index >= 15 is 0 Å². The number of ether oxygens (including phenoxy) is 3. The largest absolute Gasteiger partial charge is 0.484 e. The summed E-state index contributed by atoms with van der Waals surface area (Å²) in [6, 6.07) is 13.6. The predicted molar refractivity (Wildman–Crippen MR) is 100 cm³/mol. The van der Waals surface area contributed by atoms with E-state index in [-0.39, 0.29) is 25.3 Å². The van der Waals surface area contributed by atoms with Crippen molar-refractivity contribution in [2.45, 2.75) is 25.3 Å². The van der Waals surface area contributed by atoms with Gasteiger partial charge in [0, 0.05) is 22.7 Å². The molecule has 5 rings (SSSR count). The van der Waals surface area contributed by atoms with E-state index in [0.717, 1.165) is 30.5 Å². The Labute approximate surface area is 156 Å². The van der Waals surface area contributed by atoms with Crippen LogP contribution in [0.2, 0.25) is 0 Å². The SMILES string of the molecule is O=C(COc1ccc2c(c1)OCO2)N[C@H]1CCCc2c1[nH]c1ccccc21. The molecule has 0 fully saturated rings. The lowest BCUT2D eigenvalue weighted by molar-refractivity contribution is -0.124. The molecule has 138 valence electrons. The molecule has 1 atom stereocenters. The van der Waals surface area contributed by atoms with Gasteiger partial charge in [-0.3, -0.25) is 4.79 Å². The molecule has 2 aliphatic rings. The molecule has 0 saturated heterocycles. The van der Waals surface area contributed by atoms with Crippen LogP contribution in [0, 0.1) is 0 Å². The summed E-state index contributed by atoms with van der Waals surface area (Å²) in [7, 11) is 0. The number of hydrogen-bond acceptors (Lipinski definition) is 4. The summed E-state index contributed by atoms with van der Waals surface area (Å²) >= 11 is 0. The maximum absolute atomic E-state index is 12.4. The molecular weight excluding hydrogens is 344 g/mol. The number of nitrogens with one attached hydrogen (secondary N) is 2. The predicted octanol–water partition coefficient (Wildman–Crippen LogP) is 3.47. The molecule has 27 heavy (non-hydrogen) atoms. The van der Waals surface area contributed by atoms with Crippen LogP contribution >= 0.6 is 0 Å². The molecule has 3 aromatic rings. The zero-order chi connectivity index (χ0) is 18.2. The Kier molecular flexibility index (Phi) is 3.89. The molecule has 1 aromatic heterocycles. The molecule has 1 aliphatic heterocycles. The number of hydrogen-bond donors (Lipinski definition) is 2. The number of carbonyl (C=O) groups excluding carboxylic acids is 1. The molecule has 6 heteroatoms. The fraction of sp³-hybridized carbons (Fsp3) is 0.286. The third kappa shape index (κ3) is 2.97. The number of amides is 1. The van der Waals surface area contributed by atoms with E-state index in [0.29, 0.717) is 17.2 Å². The van der Waals surface area contributed by atoms with E-state index in [9.17, 15) is 4.79 Å². The van der Waals surface area contributed by atoms with E-state index < -0.39 is 0 Å². The molecule has 0 bridgehead atoms. The summed E-state index contributed by atoms with van der Waals surface area (Å²) in [4.78, 5) is 15.9. The lowest BCUT2D eigenvalue weighted by Gasteiger charge is -2.23. The van der Waals surface area contributed by atoms with Gasteiger partial charge in [-0.05, 0) is 43.0 Å². The number of carbonyl (C=O) groups is 1. The molecule has 6 nitrogen and oxygen atoms in total. The highest BCUT2D eigenvalue weighted by Gasteiger charge is 2.25. The molecule has 1 amide bonds. The maximum atomic E-state index is 12.4. The number of rotatable bonds is 4. The first-order valence-electron chi connectivity index (χ1n) is 9.19. The van der Waals surface area contributed by atoms with Crippen molar-refractivity contribution in [3.8, 4) is 17.2 Å². The van der Waals surface area contributed by atoms with E-state index in [1.165, 1.54) is 10.9 Å². The van der Waals surface area contributed by atoms with Gasteiger partial charge in [-0.1, -0.05) is 18.2 Å². The van der Waals surface area contributed by atoms with E-state index in [4.69, 9.17) is 14.2 Å². The monoisotopic (exact) mass is 364 g/mol. The quantitative estimate of drug-likeness (QED) is 0.744. The second kappa shape index (κ2) is 6.54. The van der Waals surface area contributed by atoms with Gasteiger partial charge in [-0.2, -0.15) is 0 Å². The smallest absolute Gasteiger partial charge is 0.258 e. The minimum absolute atomic E-state index is 0.00555. The van der Waals surface area contributed by atoms with Crippen molar-refractivity contribution in [1.29, 1.82) is 0 Å². The standard InChI is InChI=1S/C21H20N2O4/c24-20(11-25-13-8-9-18-19(10-13)27-12-26-18)22-17-7-3-5-15-14-4-1-2-6-16(14)23-21(15)17/h1-2,4,6,8-10,17,23H,3,5,7,11-12H2,(H,22,24)/t17-/m0/s1. The fourth-order valence-corrected chi connectivity index (χ4v) is 3.91. The molecular formula is C21H20N2O4. The van der Waals surface area contributed by atoms with Crippen molar-refractivity contribution in [2.24, 2.45) is 0 Å². The van der Waals surface area contributed by atoms with Gasteiger partial charge in [0.05, 0.1) is 6.04 Å². The highest BCUT2D eigenvalue weighted by molar-refractivity contribution is 5.85. The third-order valence-corrected chi connectivity index (χ3v) is 5.16. The number of H-pyrrole nitrogens is 1. The minimum atomic E-state index is -0.135. The van der Waals surface area contributed by atoms with Crippen LogP contribution in [0.25, 0.3) is 10.9 Å². The van der Waals surface area contributed by atoms with Crippen molar-refractivity contribution in [1.82, 2.24) is 10.3 Å². The lowest BCUT2D eigenvalue weighted by Crippen LogP contribution is -2.34. The zero-order valence-corrected chi connectivity index (χ0v) is 14.8. The van der Waals surface area contributed by atoms with Gasteiger partial charge in [0.1, 0.15) is 5.75 Å². The van der Waals surface area contributed by atoms with Gasteiger partial charge in [-0.15, -0.1) is 0 Å². The van der Waals surface area contributed by atoms with Gasteiger partial charge < -0.3 is 24.5 Å². The number of aromatic nitrogens is 1. The van der Waals surface area contributed by atoms with Gasteiger partial charge in [0.2, 0.25) is 6.79 Å². The summed E-state index contributed by atoms with van der Waals surface area (Å²) < 4.78 is 16.2. The minimum Gasteiger partial charge on any atom is -0.484 e. The normalized spacial score (nSPS) is 17.6. The summed E-state index contributed by atoms with van der Waals surface area (Å²) in [5, 5.41) is 4.36. The van der Waals surface area contributed by atoms with Crippen molar-refractivity contribution in [3.05, 3.63) is 53.7 Å². The first kappa shape index (κ1) is 16.1. The second-order valence-electron chi connectivity index (χ2n) is 6.88. The Bertz CT molecular complexity index is 1010. The number of para-hydroxylation sites is 1. The Balaban J connectivity index is 1.27. The van der Waals surface area contributed by atoms with Crippen LogP contribution in [-0.2, 0) is 11.2 Å². The van der Waals surface area contributed by atoms with Crippen LogP contribution in [0.3, 0.4) is 0 Å². The first-order chi connectivity index (χ1) is 13.3. The van der Waals surface area contributed by atoms with Crippen molar-refractivity contribution in [3.63, 3.8) is 0 Å². The molecule has 0 radical (unpaired) electrons. The summed E-state index contributed by atoms with van der Waals surface area (Å²) in [5.41, 5.74) is 3.57. The highest BCUT2D eigenvalue weighted by Crippen LogP contribution is 2.36. The lowest BCUT2D eigenvalue weighted by atomic mass is 9.91. The van der Waals surface area contributed by atoms with Crippen LogP contribution in [0.15, 0.2) is 42.5 Å². The maximum Gasteiger partial charge on any atom is 0.258 e. The summed E-state index contributed by atoms with van der Waals surface area (Å²) in [5.74, 6) is 1.79. The van der Waals surface area contributed by atoms with Gasteiger partial charge in [-0.25, -0.2) is 0 Å². The van der Waals surface area contributed by atoms with Crippen LogP contribution in [0.5, 0.6) is 17.2 Å². The van der Waals surface area contributed by atoms with Crippen LogP contribution in [0.1, 0.15) is 30.1 Å². The Hall–Kier alpha value is -3.15. The first-order valence-corrected chi connectivity index (χ1v) is 9.19. The summed E-state index contributed by atoms with van der Waals surface area (Å²) in [6.07, 6.45) is 3.03. The number of benzene rings is 2. The Morgan fingerprint density at radius 1 is 1.19 bits per heavy atom. The molecule has 0 unspecified atom stereocenters. The Morgan fingerprint density at radius 3 is 3.04 bits per heavy atom. The molecule has 0 saturated carbocycles. The van der Waals surface area contributed by atoms with Gasteiger partial charge >= 0.3 is 0 Å². The van der Waals surface area contributed by atoms with Gasteiger partial charge in [0.25, 0.3) is 5.91 Å². The van der Waals surface area contributed by atoms with Crippen LogP contribution in [0.4, 0.5) is 0 Å². The van der Waals surface area contributed by atoms with Crippen LogP contribution in [-0.4, -0.2) is 24.3 Å². The second-order valence-corrected chi connectivity index (χ2v) is 6.88. The molecule has 1 aliphatic carbocycles. The topological polar surface area (TPSA) is 72.6 Å². The van der Waals surface area contributed by atoms with Crippen LogP contribution < -0.4 is 19.5 Å². The average Bonchev–Trinajstić information content (AvgIpc) is 3.31. The molecule has 0 spiro atoms. The van der Waals surface area contributed by atoms with Crippen molar-refractivity contribution < 1.29 is 19.0 Å². The van der Waals surface area contributed by atoms with E-state index in [1.807, 2.05) is 6.07 Å². The fourth-order valence-electron chi connectivity index (χ4n) is 3.91. The highest BCUT2D eigenvalue weighted by atomic mass is 16.7. The third-order valence-electron chi connectivity index (χ3n) is 5.16. The van der Waals surface area contributed by atoms with Crippen molar-refractivity contribution >= 4 is 16.8 Å². The average molecular weight is 364 g/mol. The van der Waals surface area contributed by atoms with Crippen molar-refractivity contribution in [2.75, 3.05) is 13.4 Å². The Morgan fingerprint density at radius 2 is 2.07 bits per heavy atom. The van der Waals surface area contributed by atoms with E-state index in [2.05, 4.69) is 28.5 Å². The molecule has 2 N–H and O–H groups in total. The zero-order valence-electron chi connectivity index (χ0n) is 14.8. The van der Waals surface area contributed by atoms with Gasteiger partial charge in [0.15, 0.2) is 18.1 Å². The molecule has 2 aromatic carbocycles.